The number of pyridine rings is 1. The van der Waals surface area contributed by atoms with Crippen molar-refractivity contribution in [2.45, 2.75) is 25.3 Å². The maximum Gasteiger partial charge on any atom is 0.329 e. The van der Waals surface area contributed by atoms with Crippen LogP contribution in [-0.4, -0.2) is 37.0 Å². The van der Waals surface area contributed by atoms with Crippen molar-refractivity contribution in [1.29, 1.82) is 0 Å². The Balaban J connectivity index is 1.64. The topological polar surface area (TPSA) is 135 Å². The highest BCUT2D eigenvalue weighted by Gasteiger charge is 2.31. The van der Waals surface area contributed by atoms with Gasteiger partial charge in [0, 0.05) is 25.4 Å². The fraction of sp³-hybridized carbons (Fsp3) is 0.250. The summed E-state index contributed by atoms with van der Waals surface area (Å²) in [6.07, 6.45) is 1.85. The summed E-state index contributed by atoms with van der Waals surface area (Å²) in [7, 11) is 1.62. The van der Waals surface area contributed by atoms with Crippen molar-refractivity contribution < 1.29 is 19.5 Å². The molecule has 1 aliphatic rings. The molecular formula is C20H19N5O5. The minimum Gasteiger partial charge on any atom is -0.481 e. The first kappa shape index (κ1) is 19.4. The third-order valence-electron chi connectivity index (χ3n) is 5.06. The van der Waals surface area contributed by atoms with E-state index in [0.29, 0.717) is 28.1 Å². The van der Waals surface area contributed by atoms with Gasteiger partial charge in [-0.2, -0.15) is 0 Å². The van der Waals surface area contributed by atoms with Crippen molar-refractivity contribution in [3.8, 4) is 0 Å². The number of aryl methyl sites for hydroxylation is 1. The van der Waals surface area contributed by atoms with Gasteiger partial charge in [-0.05, 0) is 36.2 Å². The number of aliphatic carboxylic acids is 1. The van der Waals surface area contributed by atoms with Crippen LogP contribution in [0.3, 0.4) is 0 Å². The summed E-state index contributed by atoms with van der Waals surface area (Å²) in [4.78, 5) is 51.4. The van der Waals surface area contributed by atoms with Gasteiger partial charge in [0.1, 0.15) is 11.9 Å². The van der Waals surface area contributed by atoms with Crippen molar-refractivity contribution in [3.63, 3.8) is 0 Å². The van der Waals surface area contributed by atoms with Crippen molar-refractivity contribution in [3.05, 3.63) is 52.6 Å². The number of hydrogen-bond acceptors (Lipinski definition) is 6. The van der Waals surface area contributed by atoms with E-state index in [4.69, 9.17) is 5.11 Å². The van der Waals surface area contributed by atoms with E-state index in [1.165, 1.54) is 15.3 Å². The Morgan fingerprint density at radius 3 is 2.70 bits per heavy atom. The van der Waals surface area contributed by atoms with Crippen molar-refractivity contribution >= 4 is 40.3 Å². The first-order valence-electron chi connectivity index (χ1n) is 9.32. The Bertz CT molecular complexity index is 1220. The molecule has 1 aliphatic heterocycles. The summed E-state index contributed by atoms with van der Waals surface area (Å²) in [6, 6.07) is 7.89. The third kappa shape index (κ3) is 3.54. The smallest absolute Gasteiger partial charge is 0.329 e. The largest absolute Gasteiger partial charge is 0.481 e. The second-order valence-electron chi connectivity index (χ2n) is 7.13. The van der Waals surface area contributed by atoms with Gasteiger partial charge in [-0.25, -0.2) is 9.78 Å². The molecule has 1 fully saturated rings. The molecule has 3 N–H and O–H groups in total. The van der Waals surface area contributed by atoms with E-state index in [-0.39, 0.29) is 30.9 Å². The Morgan fingerprint density at radius 1 is 1.23 bits per heavy atom. The second-order valence-corrected chi connectivity index (χ2v) is 7.13. The zero-order valence-corrected chi connectivity index (χ0v) is 16.1. The molecule has 2 aromatic heterocycles. The number of hydrogen-bond donors (Lipinski definition) is 3. The molecule has 0 bridgehead atoms. The molecule has 3 aromatic rings. The van der Waals surface area contributed by atoms with Gasteiger partial charge in [0.2, 0.25) is 11.8 Å². The van der Waals surface area contributed by atoms with Gasteiger partial charge in [-0.3, -0.25) is 28.8 Å². The minimum atomic E-state index is -0.926. The molecule has 0 saturated carbocycles. The lowest BCUT2D eigenvalue weighted by Gasteiger charge is -2.21. The molecule has 3 heterocycles. The van der Waals surface area contributed by atoms with Crippen LogP contribution >= 0.6 is 0 Å². The van der Waals surface area contributed by atoms with Gasteiger partial charge in [0.15, 0.2) is 0 Å². The summed E-state index contributed by atoms with van der Waals surface area (Å²) < 4.78 is 2.87. The van der Waals surface area contributed by atoms with Crippen LogP contribution in [0.15, 0.2) is 41.3 Å². The van der Waals surface area contributed by atoms with Crippen molar-refractivity contribution in [1.82, 2.24) is 19.4 Å². The number of imide groups is 1. The van der Waals surface area contributed by atoms with E-state index in [9.17, 15) is 19.2 Å². The molecule has 1 aromatic carbocycles. The van der Waals surface area contributed by atoms with Gasteiger partial charge in [-0.1, -0.05) is 6.07 Å². The number of imidazole rings is 1. The number of anilines is 2. The van der Waals surface area contributed by atoms with Gasteiger partial charge in [-0.15, -0.1) is 0 Å². The second kappa shape index (κ2) is 7.47. The predicted molar refractivity (Wildman–Crippen MR) is 107 cm³/mol. The first-order chi connectivity index (χ1) is 14.3. The molecule has 10 heteroatoms. The Labute approximate surface area is 170 Å². The summed E-state index contributed by atoms with van der Waals surface area (Å²) in [5, 5.41) is 14.2. The number of nitrogens with zero attached hydrogens (tertiary/aromatic N) is 3. The van der Waals surface area contributed by atoms with Gasteiger partial charge >= 0.3 is 11.7 Å². The van der Waals surface area contributed by atoms with E-state index < -0.39 is 17.9 Å². The fourth-order valence-electron chi connectivity index (χ4n) is 3.60. The molecule has 30 heavy (non-hydrogen) atoms. The van der Waals surface area contributed by atoms with E-state index in [1.54, 1.807) is 37.4 Å². The van der Waals surface area contributed by atoms with Gasteiger partial charge in [0.05, 0.1) is 17.5 Å². The number of carbonyl (C=O) groups excluding carboxylic acids is 2. The zero-order valence-electron chi connectivity index (χ0n) is 16.1. The van der Waals surface area contributed by atoms with Crippen molar-refractivity contribution in [2.24, 2.45) is 7.05 Å². The summed E-state index contributed by atoms with van der Waals surface area (Å²) in [6.45, 7) is 0. The SMILES string of the molecule is Cn1c(=O)n(C2CCC(=O)NC2=O)c2ccc(Nc3ccc(CC(=O)O)cn3)cc21. The normalized spacial score (nSPS) is 16.5. The van der Waals surface area contributed by atoms with Crippen LogP contribution in [0.2, 0.25) is 0 Å². The molecular weight excluding hydrogens is 390 g/mol. The monoisotopic (exact) mass is 409 g/mol. The molecule has 1 atom stereocenters. The molecule has 1 saturated heterocycles. The fourth-order valence-corrected chi connectivity index (χ4v) is 3.60. The number of carbonyl (C=O) groups is 3. The number of aromatic nitrogens is 3. The zero-order chi connectivity index (χ0) is 21.4. The molecule has 10 nitrogen and oxygen atoms in total. The van der Waals surface area contributed by atoms with E-state index in [0.717, 1.165) is 0 Å². The van der Waals surface area contributed by atoms with Crippen LogP contribution in [0.25, 0.3) is 11.0 Å². The number of carboxylic acid groups (broad SMARTS) is 1. The highest BCUT2D eigenvalue weighted by molar-refractivity contribution is 6.00. The lowest BCUT2D eigenvalue weighted by Crippen LogP contribution is -2.44. The summed E-state index contributed by atoms with van der Waals surface area (Å²) in [5.41, 5.74) is 2.14. The number of nitrogens with one attached hydrogen (secondary N) is 2. The van der Waals surface area contributed by atoms with E-state index >= 15 is 0 Å². The molecule has 1 unspecified atom stereocenters. The third-order valence-corrected chi connectivity index (χ3v) is 5.06. The lowest BCUT2D eigenvalue weighted by atomic mass is 10.1. The van der Waals surface area contributed by atoms with Crippen LogP contribution in [0.1, 0.15) is 24.4 Å². The Morgan fingerprint density at radius 2 is 2.03 bits per heavy atom. The van der Waals surface area contributed by atoms with Crippen LogP contribution in [0, 0.1) is 0 Å². The highest BCUT2D eigenvalue weighted by Crippen LogP contribution is 2.26. The van der Waals surface area contributed by atoms with Crippen LogP contribution in [0.5, 0.6) is 0 Å². The average molecular weight is 409 g/mol. The maximum atomic E-state index is 12.8. The van der Waals surface area contributed by atoms with Crippen LogP contribution in [-0.2, 0) is 27.9 Å². The lowest BCUT2D eigenvalue weighted by molar-refractivity contribution is -0.137. The van der Waals surface area contributed by atoms with Crippen LogP contribution in [0.4, 0.5) is 11.5 Å². The van der Waals surface area contributed by atoms with Crippen molar-refractivity contribution in [2.75, 3.05) is 5.32 Å². The highest BCUT2D eigenvalue weighted by atomic mass is 16.4. The minimum absolute atomic E-state index is 0.102. The number of fused-ring (bicyclic) bond motifs is 1. The maximum absolute atomic E-state index is 12.8. The Hall–Kier alpha value is -3.95. The van der Waals surface area contributed by atoms with E-state index in [2.05, 4.69) is 15.6 Å². The molecule has 0 aliphatic carbocycles. The van der Waals surface area contributed by atoms with Crippen LogP contribution < -0.4 is 16.3 Å². The Kier molecular flexibility index (Phi) is 4.82. The van der Waals surface area contributed by atoms with Gasteiger partial charge < -0.3 is 10.4 Å². The number of piperidine rings is 1. The van der Waals surface area contributed by atoms with E-state index in [1.807, 2.05) is 0 Å². The quantitative estimate of drug-likeness (QED) is 0.537. The number of amides is 2. The molecule has 4 rings (SSSR count). The van der Waals surface area contributed by atoms with Gasteiger partial charge in [0.25, 0.3) is 0 Å². The molecule has 2 amide bonds. The molecule has 0 radical (unpaired) electrons. The average Bonchev–Trinajstić information content (AvgIpc) is 2.94. The number of benzene rings is 1. The summed E-state index contributed by atoms with van der Waals surface area (Å²) >= 11 is 0. The predicted octanol–water partition coefficient (Wildman–Crippen LogP) is 1.08. The molecule has 154 valence electrons. The first-order valence-corrected chi connectivity index (χ1v) is 9.32. The summed E-state index contributed by atoms with van der Waals surface area (Å²) in [5.74, 6) is -1.21. The number of rotatable bonds is 5. The standard InChI is InChI=1S/C20H19N5O5/c1-24-15-9-12(22-16-6-2-11(10-21-16)8-18(27)28)3-4-13(15)25(20(24)30)14-5-7-17(26)23-19(14)29/h2-4,6,9-10,14H,5,7-8H2,1H3,(H,21,22)(H,27,28)(H,23,26,29). The number of carboxylic acids is 1. The molecule has 0 spiro atoms.